The van der Waals surface area contributed by atoms with Gasteiger partial charge in [-0.15, -0.1) is 0 Å². The predicted molar refractivity (Wildman–Crippen MR) is 173 cm³/mol. The highest BCUT2D eigenvalue weighted by Crippen LogP contribution is 2.36. The molecule has 5 aromatic rings. The third kappa shape index (κ3) is 5.16. The summed E-state index contributed by atoms with van der Waals surface area (Å²) in [5, 5.41) is 0.920. The van der Waals surface area contributed by atoms with Crippen LogP contribution >= 0.6 is 11.3 Å². The number of fused-ring (bicyclic) bond motifs is 2. The minimum absolute atomic E-state index is 0.202. The summed E-state index contributed by atoms with van der Waals surface area (Å²) < 4.78 is 18.8. The van der Waals surface area contributed by atoms with Gasteiger partial charge in [0.25, 0.3) is 5.56 Å². The molecule has 2 aromatic heterocycles. The summed E-state index contributed by atoms with van der Waals surface area (Å²) in [6, 6.07) is 22.4. The summed E-state index contributed by atoms with van der Waals surface area (Å²) in [6.07, 6.45) is 3.57. The molecule has 3 aromatic carbocycles. The molecule has 1 N–H and O–H groups in total. The third-order valence-electron chi connectivity index (χ3n) is 7.47. The molecule has 1 aliphatic rings. The van der Waals surface area contributed by atoms with Crippen LogP contribution in [0.15, 0.2) is 107 Å². The summed E-state index contributed by atoms with van der Waals surface area (Å²) in [6.45, 7) is 7.79. The van der Waals surface area contributed by atoms with Crippen molar-refractivity contribution < 1.29 is 19.0 Å². The molecule has 1 aliphatic heterocycles. The molecule has 9 heteroatoms. The van der Waals surface area contributed by atoms with Crippen LogP contribution in [0.25, 0.3) is 28.2 Å². The third-order valence-corrected chi connectivity index (χ3v) is 8.46. The molecular formula is C35H31N3O5S. The van der Waals surface area contributed by atoms with Crippen LogP contribution in [-0.2, 0) is 9.53 Å². The van der Waals surface area contributed by atoms with Crippen molar-refractivity contribution in [2.45, 2.75) is 19.9 Å². The van der Waals surface area contributed by atoms with Crippen molar-refractivity contribution in [1.82, 2.24) is 9.55 Å². The fourth-order valence-corrected chi connectivity index (χ4v) is 6.53. The minimum Gasteiger partial charge on any atom is -0.495 e. The molecule has 222 valence electrons. The van der Waals surface area contributed by atoms with Gasteiger partial charge in [-0.3, -0.25) is 9.36 Å². The maximum atomic E-state index is 14.3. The number of para-hydroxylation sites is 1. The van der Waals surface area contributed by atoms with Crippen molar-refractivity contribution in [3.63, 3.8) is 0 Å². The fourth-order valence-electron chi connectivity index (χ4n) is 5.50. The van der Waals surface area contributed by atoms with Gasteiger partial charge in [-0.25, -0.2) is 9.79 Å². The lowest BCUT2D eigenvalue weighted by Crippen LogP contribution is -2.39. The van der Waals surface area contributed by atoms with Gasteiger partial charge in [-0.05, 0) is 49.2 Å². The first-order valence-corrected chi connectivity index (χ1v) is 15.0. The second-order valence-electron chi connectivity index (χ2n) is 10.1. The summed E-state index contributed by atoms with van der Waals surface area (Å²) >= 11 is 1.29. The Morgan fingerprint density at radius 2 is 1.86 bits per heavy atom. The maximum absolute atomic E-state index is 14.3. The van der Waals surface area contributed by atoms with Crippen LogP contribution < -0.4 is 24.4 Å². The van der Waals surface area contributed by atoms with E-state index in [4.69, 9.17) is 19.2 Å². The highest BCUT2D eigenvalue weighted by Gasteiger charge is 2.33. The normalized spacial score (nSPS) is 14.7. The first kappa shape index (κ1) is 28.9. The number of methoxy groups -OCH3 is 1. The number of rotatable bonds is 9. The van der Waals surface area contributed by atoms with Crippen LogP contribution in [0.1, 0.15) is 31.0 Å². The number of ether oxygens (including phenoxy) is 3. The van der Waals surface area contributed by atoms with E-state index in [-0.39, 0.29) is 12.2 Å². The van der Waals surface area contributed by atoms with E-state index in [0.717, 1.165) is 33.3 Å². The van der Waals surface area contributed by atoms with E-state index in [1.165, 1.54) is 11.3 Å². The highest BCUT2D eigenvalue weighted by atomic mass is 32.1. The SMILES string of the molecule is C=CCOc1ccc([C@@H]2C(C(=O)OCC)=C(C)N=c3s/c(=C\c4c(-c5ccccc5)[nH]c5c(OC)cccc45)c(=O)n32)cc1. The number of carbonyl (C=O) groups excluding carboxylic acids is 1. The number of benzene rings is 3. The Labute approximate surface area is 257 Å². The molecule has 0 bridgehead atoms. The standard InChI is InChI=1S/C35H31N3O5S/c1-5-19-43-24-17-15-23(16-18-24)32-29(34(40)42-6-2)21(3)36-35-38(32)33(39)28(44-35)20-26-25-13-10-14-27(41-4)31(25)37-30(26)22-11-8-7-9-12-22/h5,7-18,20,32,37H,1,6,19H2,2-4H3/b28-20-/t32-/m1/s1. The number of nitrogens with one attached hydrogen (secondary N) is 1. The molecule has 0 amide bonds. The number of carbonyl (C=O) groups is 1. The number of hydrogen-bond acceptors (Lipinski definition) is 7. The maximum Gasteiger partial charge on any atom is 0.338 e. The molecule has 0 unspecified atom stereocenters. The molecule has 8 nitrogen and oxygen atoms in total. The Hall–Kier alpha value is -5.15. The van der Waals surface area contributed by atoms with Gasteiger partial charge in [0.15, 0.2) is 4.80 Å². The van der Waals surface area contributed by atoms with Crippen molar-refractivity contribution in [1.29, 1.82) is 0 Å². The first-order valence-electron chi connectivity index (χ1n) is 14.2. The van der Waals surface area contributed by atoms with Gasteiger partial charge in [0, 0.05) is 10.9 Å². The number of aromatic nitrogens is 2. The molecule has 0 radical (unpaired) electrons. The molecule has 0 fully saturated rings. The second-order valence-corrected chi connectivity index (χ2v) is 11.1. The molecule has 3 heterocycles. The number of allylic oxidation sites excluding steroid dienone is 1. The second kappa shape index (κ2) is 12.2. The number of H-pyrrole nitrogens is 1. The van der Waals surface area contributed by atoms with Crippen LogP contribution in [0, 0.1) is 0 Å². The van der Waals surface area contributed by atoms with Crippen molar-refractivity contribution in [3.8, 4) is 22.8 Å². The van der Waals surface area contributed by atoms with Gasteiger partial charge in [-0.1, -0.05) is 78.6 Å². The van der Waals surface area contributed by atoms with E-state index in [9.17, 15) is 9.59 Å². The van der Waals surface area contributed by atoms with Crippen molar-refractivity contribution in [2.75, 3.05) is 20.3 Å². The largest absolute Gasteiger partial charge is 0.495 e. The van der Waals surface area contributed by atoms with Crippen LogP contribution in [0.3, 0.4) is 0 Å². The molecule has 0 spiro atoms. The zero-order valence-electron chi connectivity index (χ0n) is 24.6. The number of esters is 1. The first-order chi connectivity index (χ1) is 21.4. The lowest BCUT2D eigenvalue weighted by atomic mass is 9.96. The Morgan fingerprint density at radius 3 is 2.57 bits per heavy atom. The van der Waals surface area contributed by atoms with Crippen LogP contribution in [0.5, 0.6) is 11.5 Å². The molecule has 0 aliphatic carbocycles. The Balaban J connectivity index is 1.57. The van der Waals surface area contributed by atoms with Gasteiger partial charge in [0.2, 0.25) is 0 Å². The molecule has 44 heavy (non-hydrogen) atoms. The van der Waals surface area contributed by atoms with E-state index in [2.05, 4.69) is 11.6 Å². The zero-order valence-corrected chi connectivity index (χ0v) is 25.4. The Morgan fingerprint density at radius 1 is 1.09 bits per heavy atom. The predicted octanol–water partition coefficient (Wildman–Crippen LogP) is 5.52. The molecule has 0 saturated carbocycles. The molecule has 6 rings (SSSR count). The lowest BCUT2D eigenvalue weighted by Gasteiger charge is -2.24. The van der Waals surface area contributed by atoms with E-state index in [1.54, 1.807) is 31.6 Å². The summed E-state index contributed by atoms with van der Waals surface area (Å²) in [7, 11) is 1.64. The Bertz CT molecular complexity index is 2090. The van der Waals surface area contributed by atoms with Crippen LogP contribution in [0.2, 0.25) is 0 Å². The topological polar surface area (TPSA) is 94.9 Å². The molecule has 0 saturated heterocycles. The van der Waals surface area contributed by atoms with Crippen LogP contribution in [-0.4, -0.2) is 35.8 Å². The van der Waals surface area contributed by atoms with Crippen LogP contribution in [0.4, 0.5) is 0 Å². The van der Waals surface area contributed by atoms with Crippen molar-refractivity contribution in [2.24, 2.45) is 4.99 Å². The minimum atomic E-state index is -0.724. The lowest BCUT2D eigenvalue weighted by molar-refractivity contribution is -0.139. The van der Waals surface area contributed by atoms with Gasteiger partial charge in [0.05, 0.1) is 46.8 Å². The van der Waals surface area contributed by atoms with Gasteiger partial charge < -0.3 is 19.2 Å². The van der Waals surface area contributed by atoms with E-state index >= 15 is 0 Å². The average Bonchev–Trinajstić information content (AvgIpc) is 3.57. The summed E-state index contributed by atoms with van der Waals surface area (Å²) in [5.74, 6) is 0.855. The summed E-state index contributed by atoms with van der Waals surface area (Å²) in [5.41, 5.74) is 4.86. The van der Waals surface area contributed by atoms with Gasteiger partial charge >= 0.3 is 5.97 Å². The van der Waals surface area contributed by atoms with Gasteiger partial charge in [-0.2, -0.15) is 0 Å². The zero-order chi connectivity index (χ0) is 30.8. The van der Waals surface area contributed by atoms with E-state index in [1.807, 2.05) is 78.9 Å². The molecule has 1 atom stereocenters. The van der Waals surface area contributed by atoms with Crippen molar-refractivity contribution >= 4 is 34.3 Å². The Kier molecular flexibility index (Phi) is 8.04. The van der Waals surface area contributed by atoms with E-state index in [0.29, 0.717) is 38.7 Å². The monoisotopic (exact) mass is 605 g/mol. The van der Waals surface area contributed by atoms with E-state index < -0.39 is 12.0 Å². The summed E-state index contributed by atoms with van der Waals surface area (Å²) in [4.78, 5) is 36.3. The van der Waals surface area contributed by atoms with Crippen molar-refractivity contribution in [3.05, 3.63) is 128 Å². The number of aromatic amines is 1. The van der Waals surface area contributed by atoms with Gasteiger partial charge in [0.1, 0.15) is 18.1 Å². The fraction of sp³-hybridized carbons (Fsp3) is 0.171. The number of hydrogen-bond donors (Lipinski definition) is 1. The smallest absolute Gasteiger partial charge is 0.338 e. The molecular weight excluding hydrogens is 574 g/mol. The highest BCUT2D eigenvalue weighted by molar-refractivity contribution is 7.07. The number of thiazole rings is 1. The quantitative estimate of drug-likeness (QED) is 0.176. The average molecular weight is 606 g/mol. The number of nitrogens with zero attached hydrogens (tertiary/aromatic N) is 2.